The number of amides is 4. The molecule has 31 heavy (non-hydrogen) atoms. The van der Waals surface area contributed by atoms with E-state index in [-0.39, 0.29) is 6.61 Å². The Morgan fingerprint density at radius 1 is 1.00 bits per heavy atom. The van der Waals surface area contributed by atoms with Crippen LogP contribution >= 0.6 is 0 Å². The molecule has 0 aromatic heterocycles. The van der Waals surface area contributed by atoms with Gasteiger partial charge < -0.3 is 10.1 Å². The van der Waals surface area contributed by atoms with Gasteiger partial charge in [0.1, 0.15) is 11.3 Å². The highest BCUT2D eigenvalue weighted by Gasteiger charge is 2.48. The molecule has 3 aromatic carbocycles. The highest BCUT2D eigenvalue weighted by atomic mass is 16.5. The Labute approximate surface area is 180 Å². The fourth-order valence-electron chi connectivity index (χ4n) is 3.62. The third kappa shape index (κ3) is 4.35. The van der Waals surface area contributed by atoms with Crippen molar-refractivity contribution in [2.24, 2.45) is 0 Å². The van der Waals surface area contributed by atoms with Crippen molar-refractivity contribution in [3.05, 3.63) is 78.4 Å². The summed E-state index contributed by atoms with van der Waals surface area (Å²) in [6.45, 7) is 1.33. The number of rotatable bonds is 7. The third-order valence-electron chi connectivity index (χ3n) is 5.36. The number of urea groups is 1. The van der Waals surface area contributed by atoms with Crippen molar-refractivity contribution < 1.29 is 19.1 Å². The van der Waals surface area contributed by atoms with Crippen molar-refractivity contribution in [3.63, 3.8) is 0 Å². The maximum absolute atomic E-state index is 12.8. The number of hydrazine groups is 1. The minimum atomic E-state index is -1.09. The van der Waals surface area contributed by atoms with Crippen LogP contribution in [0.1, 0.15) is 18.9 Å². The van der Waals surface area contributed by atoms with Crippen LogP contribution in [-0.4, -0.2) is 35.0 Å². The van der Waals surface area contributed by atoms with Crippen LogP contribution in [0.3, 0.4) is 0 Å². The van der Waals surface area contributed by atoms with Gasteiger partial charge in [0.05, 0.1) is 0 Å². The summed E-state index contributed by atoms with van der Waals surface area (Å²) in [5.74, 6) is -0.533. The molecule has 1 aliphatic rings. The first-order valence-electron chi connectivity index (χ1n) is 10.1. The lowest BCUT2D eigenvalue weighted by Gasteiger charge is -2.21. The number of imide groups is 1. The lowest BCUT2D eigenvalue weighted by atomic mass is 9.93. The fraction of sp³-hybridized carbons (Fsp3) is 0.208. The van der Waals surface area contributed by atoms with Crippen molar-refractivity contribution in [2.45, 2.75) is 25.3 Å². The van der Waals surface area contributed by atoms with Crippen LogP contribution in [0.2, 0.25) is 0 Å². The molecule has 1 heterocycles. The van der Waals surface area contributed by atoms with E-state index in [0.29, 0.717) is 18.6 Å². The molecule has 7 nitrogen and oxygen atoms in total. The third-order valence-corrected chi connectivity index (χ3v) is 5.36. The lowest BCUT2D eigenvalue weighted by molar-refractivity contribution is -0.139. The van der Waals surface area contributed by atoms with Gasteiger partial charge in [-0.05, 0) is 36.8 Å². The van der Waals surface area contributed by atoms with E-state index in [0.717, 1.165) is 21.3 Å². The van der Waals surface area contributed by atoms with Gasteiger partial charge in [-0.25, -0.2) is 4.79 Å². The molecule has 2 N–H and O–H groups in total. The summed E-state index contributed by atoms with van der Waals surface area (Å²) in [6, 6.07) is 22.3. The Morgan fingerprint density at radius 3 is 2.52 bits per heavy atom. The fourth-order valence-corrected chi connectivity index (χ4v) is 3.62. The summed E-state index contributed by atoms with van der Waals surface area (Å²) in [4.78, 5) is 37.5. The Balaban J connectivity index is 1.36. The number of ether oxygens (including phenoxy) is 1. The summed E-state index contributed by atoms with van der Waals surface area (Å²) in [5, 5.41) is 5.29. The van der Waals surface area contributed by atoms with Gasteiger partial charge in [0, 0.05) is 5.39 Å². The molecule has 7 heteroatoms. The predicted molar refractivity (Wildman–Crippen MR) is 116 cm³/mol. The molecule has 1 aliphatic heterocycles. The highest BCUT2D eigenvalue weighted by molar-refractivity contribution is 6.07. The van der Waals surface area contributed by atoms with E-state index in [1.165, 1.54) is 0 Å². The number of fused-ring (bicyclic) bond motifs is 1. The SMILES string of the molecule is C[C@@]1(CCc2ccccc2)NC(=O)N(NC(=O)COc2cccc3ccccc23)C1=O. The molecular weight excluding hydrogens is 394 g/mol. The number of aryl methyl sites for hydroxylation is 1. The second-order valence-corrected chi connectivity index (χ2v) is 7.69. The average molecular weight is 417 g/mol. The minimum absolute atomic E-state index is 0.328. The van der Waals surface area contributed by atoms with Gasteiger partial charge in [0.25, 0.3) is 11.8 Å². The number of benzene rings is 3. The van der Waals surface area contributed by atoms with Crippen molar-refractivity contribution in [1.29, 1.82) is 0 Å². The van der Waals surface area contributed by atoms with E-state index in [9.17, 15) is 14.4 Å². The van der Waals surface area contributed by atoms with Crippen LogP contribution in [0.4, 0.5) is 4.79 Å². The van der Waals surface area contributed by atoms with E-state index < -0.39 is 23.4 Å². The van der Waals surface area contributed by atoms with Crippen LogP contribution in [0.5, 0.6) is 5.75 Å². The maximum Gasteiger partial charge on any atom is 0.344 e. The van der Waals surface area contributed by atoms with E-state index >= 15 is 0 Å². The molecule has 0 spiro atoms. The largest absolute Gasteiger partial charge is 0.483 e. The number of carbonyl (C=O) groups excluding carboxylic acids is 3. The van der Waals surface area contributed by atoms with Crippen molar-refractivity contribution in [2.75, 3.05) is 6.61 Å². The number of hydrogen-bond donors (Lipinski definition) is 2. The van der Waals surface area contributed by atoms with Crippen LogP contribution in [-0.2, 0) is 16.0 Å². The van der Waals surface area contributed by atoms with Gasteiger partial charge in [-0.3, -0.25) is 15.0 Å². The highest BCUT2D eigenvalue weighted by Crippen LogP contribution is 2.25. The van der Waals surface area contributed by atoms with Gasteiger partial charge in [-0.15, -0.1) is 0 Å². The Morgan fingerprint density at radius 2 is 1.71 bits per heavy atom. The van der Waals surface area contributed by atoms with E-state index in [4.69, 9.17) is 4.74 Å². The molecule has 0 saturated carbocycles. The van der Waals surface area contributed by atoms with Crippen molar-refractivity contribution >= 4 is 28.6 Å². The van der Waals surface area contributed by atoms with Gasteiger partial charge in [0.15, 0.2) is 6.61 Å². The monoisotopic (exact) mass is 417 g/mol. The van der Waals surface area contributed by atoms with Crippen LogP contribution < -0.4 is 15.5 Å². The number of nitrogens with one attached hydrogen (secondary N) is 2. The molecule has 4 amide bonds. The molecule has 4 rings (SSSR count). The predicted octanol–water partition coefficient (Wildman–Crippen LogP) is 3.19. The second-order valence-electron chi connectivity index (χ2n) is 7.69. The summed E-state index contributed by atoms with van der Waals surface area (Å²) in [5.41, 5.74) is 2.34. The van der Waals surface area contributed by atoms with Gasteiger partial charge in [-0.1, -0.05) is 66.7 Å². The summed E-state index contributed by atoms with van der Waals surface area (Å²) in [7, 11) is 0. The Kier molecular flexibility index (Phi) is 5.58. The molecule has 0 unspecified atom stereocenters. The van der Waals surface area contributed by atoms with Crippen LogP contribution in [0.15, 0.2) is 72.8 Å². The lowest BCUT2D eigenvalue weighted by Crippen LogP contribution is -2.50. The van der Waals surface area contributed by atoms with Gasteiger partial charge in [-0.2, -0.15) is 5.01 Å². The van der Waals surface area contributed by atoms with Crippen molar-refractivity contribution in [1.82, 2.24) is 15.8 Å². The minimum Gasteiger partial charge on any atom is -0.483 e. The first-order valence-corrected chi connectivity index (χ1v) is 10.1. The van der Waals surface area contributed by atoms with E-state index in [2.05, 4.69) is 10.7 Å². The smallest absolute Gasteiger partial charge is 0.344 e. The topological polar surface area (TPSA) is 87.7 Å². The standard InChI is InChI=1S/C24H23N3O4/c1-24(15-14-17-8-3-2-4-9-17)22(29)27(23(30)25-24)26-21(28)16-31-20-13-7-11-18-10-5-6-12-19(18)20/h2-13H,14-16H2,1H3,(H,25,30)(H,26,28)/t24-/m0/s1. The maximum atomic E-state index is 12.8. The van der Waals surface area contributed by atoms with E-state index in [1.807, 2.05) is 66.7 Å². The molecule has 3 aromatic rings. The summed E-state index contributed by atoms with van der Waals surface area (Å²) >= 11 is 0. The van der Waals surface area contributed by atoms with Crippen LogP contribution in [0, 0.1) is 0 Å². The summed E-state index contributed by atoms with van der Waals surface area (Å²) in [6.07, 6.45) is 1.04. The zero-order valence-corrected chi connectivity index (χ0v) is 17.1. The summed E-state index contributed by atoms with van der Waals surface area (Å²) < 4.78 is 5.64. The average Bonchev–Trinajstić information content (AvgIpc) is 3.00. The van der Waals surface area contributed by atoms with Crippen molar-refractivity contribution in [3.8, 4) is 5.75 Å². The molecule has 1 atom stereocenters. The molecule has 158 valence electrons. The first kappa shape index (κ1) is 20.4. The number of hydrogen-bond acceptors (Lipinski definition) is 4. The molecule has 0 radical (unpaired) electrons. The van der Waals surface area contributed by atoms with Gasteiger partial charge >= 0.3 is 6.03 Å². The van der Waals surface area contributed by atoms with Crippen LogP contribution in [0.25, 0.3) is 10.8 Å². The van der Waals surface area contributed by atoms with Gasteiger partial charge in [0.2, 0.25) is 0 Å². The normalized spacial score (nSPS) is 18.2. The first-order chi connectivity index (χ1) is 15.0. The number of carbonyl (C=O) groups is 3. The zero-order chi connectivity index (χ0) is 21.8. The molecule has 0 bridgehead atoms. The zero-order valence-electron chi connectivity index (χ0n) is 17.1. The molecule has 1 fully saturated rings. The Bertz CT molecular complexity index is 1130. The molecule has 0 aliphatic carbocycles. The quantitative estimate of drug-likeness (QED) is 0.578. The molecular formula is C24H23N3O4. The second kappa shape index (κ2) is 8.47. The number of nitrogens with zero attached hydrogens (tertiary/aromatic N) is 1. The van der Waals surface area contributed by atoms with E-state index in [1.54, 1.807) is 13.0 Å². The Hall–Kier alpha value is -3.87. The molecule has 1 saturated heterocycles.